The standard InChI is InChI=1S/C11H11O.ClH.Ti/c12-11(9-5-1-2-6-9)10-7-3-4-8-10;;/h1-5,7,11H,6,8H2;1H;/q-1;;+1. The molecule has 0 N–H and O–H groups in total. The van der Waals surface area contributed by atoms with Crippen LogP contribution in [0.1, 0.15) is 12.8 Å². The molecule has 0 unspecified atom stereocenters. The second-order valence-electron chi connectivity index (χ2n) is 3.25. The van der Waals surface area contributed by atoms with E-state index in [4.69, 9.17) is 3.32 Å². The van der Waals surface area contributed by atoms with Gasteiger partial charge in [-0.1, -0.05) is 0 Å². The molecule has 14 heavy (non-hydrogen) atoms. The summed E-state index contributed by atoms with van der Waals surface area (Å²) < 4.78 is 5.50. The summed E-state index contributed by atoms with van der Waals surface area (Å²) in [6.45, 7) is 0. The van der Waals surface area contributed by atoms with E-state index in [1.807, 2.05) is 0 Å². The summed E-state index contributed by atoms with van der Waals surface area (Å²) in [5.74, 6) is 0. The Kier molecular flexibility index (Phi) is 4.90. The molecule has 0 amide bonds. The molecule has 0 heterocycles. The van der Waals surface area contributed by atoms with Crippen LogP contribution < -0.4 is 0 Å². The molecule has 0 radical (unpaired) electrons. The molecule has 1 nitrogen and oxygen atoms in total. The van der Waals surface area contributed by atoms with Crippen molar-refractivity contribution >= 4 is 12.4 Å². The van der Waals surface area contributed by atoms with Gasteiger partial charge < -0.3 is 0 Å². The van der Waals surface area contributed by atoms with E-state index in [9.17, 15) is 0 Å². The van der Waals surface area contributed by atoms with Crippen molar-refractivity contribution < 1.29 is 24.1 Å². The topological polar surface area (TPSA) is 9.23 Å². The Bertz CT molecular complexity index is 285. The quantitative estimate of drug-likeness (QED) is 0.693. The molecule has 0 spiro atoms. The van der Waals surface area contributed by atoms with Crippen LogP contribution in [0.2, 0.25) is 0 Å². The van der Waals surface area contributed by atoms with Crippen molar-refractivity contribution in [2.24, 2.45) is 0 Å². The van der Waals surface area contributed by atoms with Gasteiger partial charge in [0.05, 0.1) is 0 Å². The maximum atomic E-state index is 5.50. The fourth-order valence-electron chi connectivity index (χ4n) is 1.71. The van der Waals surface area contributed by atoms with Crippen molar-refractivity contribution in [1.29, 1.82) is 0 Å². The van der Waals surface area contributed by atoms with E-state index in [1.165, 1.54) is 11.1 Å². The Morgan fingerprint density at radius 2 is 1.57 bits per heavy atom. The molecule has 0 saturated carbocycles. The van der Waals surface area contributed by atoms with E-state index in [1.54, 1.807) is 20.8 Å². The molecule has 0 aromatic rings. The van der Waals surface area contributed by atoms with E-state index >= 15 is 0 Å². The van der Waals surface area contributed by atoms with Crippen LogP contribution in [0.4, 0.5) is 0 Å². The van der Waals surface area contributed by atoms with Crippen molar-refractivity contribution in [2.75, 3.05) is 0 Å². The third-order valence-electron chi connectivity index (χ3n) is 2.39. The predicted octanol–water partition coefficient (Wildman–Crippen LogP) is 3.03. The van der Waals surface area contributed by atoms with E-state index in [2.05, 4.69) is 36.5 Å². The van der Waals surface area contributed by atoms with E-state index in [0.717, 1.165) is 12.8 Å². The van der Waals surface area contributed by atoms with Crippen LogP contribution in [-0.4, -0.2) is 6.10 Å². The first-order chi connectivity index (χ1) is 6.42. The average Bonchev–Trinajstić information content (AvgIpc) is 2.76. The van der Waals surface area contributed by atoms with Crippen molar-refractivity contribution in [3.63, 3.8) is 0 Å². The summed E-state index contributed by atoms with van der Waals surface area (Å²) in [5.41, 5.74) is 2.75. The van der Waals surface area contributed by atoms with Gasteiger partial charge in [-0.05, 0) is 0 Å². The molecule has 0 aliphatic heterocycles. The molecule has 3 heteroatoms. The number of allylic oxidation sites excluding steroid dienone is 6. The minimum atomic E-state index is 0. The van der Waals surface area contributed by atoms with Gasteiger partial charge in [0, 0.05) is 0 Å². The van der Waals surface area contributed by atoms with Gasteiger partial charge in [-0.15, -0.1) is 12.4 Å². The van der Waals surface area contributed by atoms with Crippen LogP contribution in [0.5, 0.6) is 0 Å². The van der Waals surface area contributed by atoms with Crippen molar-refractivity contribution in [3.05, 3.63) is 47.6 Å². The molecule has 0 aromatic carbocycles. The van der Waals surface area contributed by atoms with E-state index < -0.39 is 0 Å². The van der Waals surface area contributed by atoms with Gasteiger partial charge in [-0.25, -0.2) is 0 Å². The number of hydrogen-bond donors (Lipinski definition) is 0. The Labute approximate surface area is 103 Å². The van der Waals surface area contributed by atoms with Crippen LogP contribution in [-0.2, 0) is 24.1 Å². The van der Waals surface area contributed by atoms with Gasteiger partial charge in [-0.3, -0.25) is 0 Å². The second kappa shape index (κ2) is 5.72. The van der Waals surface area contributed by atoms with Crippen LogP contribution >= 0.6 is 12.4 Å². The summed E-state index contributed by atoms with van der Waals surface area (Å²) in [4.78, 5) is 0. The van der Waals surface area contributed by atoms with Crippen LogP contribution in [0, 0.1) is 0 Å². The monoisotopic (exact) mass is 243 g/mol. The normalized spacial score (nSPS) is 18.3. The molecule has 2 rings (SSSR count). The zero-order valence-electron chi connectivity index (χ0n) is 7.77. The zero-order valence-corrected chi connectivity index (χ0v) is 10.2. The molecule has 0 saturated heterocycles. The predicted molar refractivity (Wildman–Crippen MR) is 55.8 cm³/mol. The number of halogens is 1. The third-order valence-corrected chi connectivity index (χ3v) is 2.76. The summed E-state index contributed by atoms with van der Waals surface area (Å²) in [5, 5.41) is 0. The van der Waals surface area contributed by atoms with Gasteiger partial charge in [0.25, 0.3) is 0 Å². The summed E-state index contributed by atoms with van der Waals surface area (Å²) in [6, 6.07) is 0. The second-order valence-corrected chi connectivity index (χ2v) is 3.61. The first-order valence-corrected chi connectivity index (χ1v) is 5.09. The Morgan fingerprint density at radius 1 is 1.07 bits per heavy atom. The fourth-order valence-corrected chi connectivity index (χ4v) is 2.18. The van der Waals surface area contributed by atoms with Crippen molar-refractivity contribution in [3.8, 4) is 0 Å². The molecule has 2 aliphatic rings. The summed E-state index contributed by atoms with van der Waals surface area (Å²) in [7, 11) is 0. The van der Waals surface area contributed by atoms with Crippen LogP contribution in [0.25, 0.3) is 0 Å². The first kappa shape index (κ1) is 12.0. The fraction of sp³-hybridized carbons (Fsp3) is 0.273. The molecule has 0 aromatic heterocycles. The van der Waals surface area contributed by atoms with Gasteiger partial charge in [0.1, 0.15) is 0 Å². The summed E-state index contributed by atoms with van der Waals surface area (Å²) in [6.07, 6.45) is 15.1. The minimum absolute atomic E-state index is 0. The van der Waals surface area contributed by atoms with Crippen molar-refractivity contribution in [1.82, 2.24) is 0 Å². The molecular formula is C11H12ClOTi. The maximum absolute atomic E-state index is 5.50. The Balaban J connectivity index is 0.000000980. The first-order valence-electron chi connectivity index (χ1n) is 4.45. The SMILES string of the molecule is Cl.[Ti][O]C(C1=CC=CC1)C1=CC=CC1. The van der Waals surface area contributed by atoms with Gasteiger partial charge in [0.2, 0.25) is 0 Å². The zero-order chi connectivity index (χ0) is 9.10. The molecule has 2 aliphatic carbocycles. The van der Waals surface area contributed by atoms with Gasteiger partial charge >= 0.3 is 90.7 Å². The third kappa shape index (κ3) is 2.49. The molecule has 0 fully saturated rings. The average molecular weight is 244 g/mol. The van der Waals surface area contributed by atoms with Crippen LogP contribution in [0.3, 0.4) is 0 Å². The van der Waals surface area contributed by atoms with Gasteiger partial charge in [0.15, 0.2) is 0 Å². The molecule has 0 bridgehead atoms. The molecular weight excluding hydrogens is 231 g/mol. The van der Waals surface area contributed by atoms with Gasteiger partial charge in [-0.2, -0.15) is 0 Å². The number of rotatable bonds is 3. The van der Waals surface area contributed by atoms with E-state index in [-0.39, 0.29) is 18.5 Å². The molecule has 73 valence electrons. The Hall–Kier alpha value is -0.0757. The van der Waals surface area contributed by atoms with Crippen molar-refractivity contribution in [2.45, 2.75) is 18.9 Å². The number of hydrogen-bond acceptors (Lipinski definition) is 1. The Morgan fingerprint density at radius 3 is 1.86 bits per heavy atom. The van der Waals surface area contributed by atoms with Crippen LogP contribution in [0.15, 0.2) is 47.6 Å². The molecule has 0 atom stereocenters. The van der Waals surface area contributed by atoms with E-state index in [0.29, 0.717) is 0 Å². The summed E-state index contributed by atoms with van der Waals surface area (Å²) >= 11 is 1.78.